The van der Waals surface area contributed by atoms with E-state index in [4.69, 9.17) is 9.47 Å². The molecule has 7 heteroatoms. The smallest absolute Gasteiger partial charge is 0.251 e. The maximum atomic E-state index is 12.0. The molecule has 122 valence electrons. The second-order valence-corrected chi connectivity index (χ2v) is 5.05. The Hall–Kier alpha value is -1.51. The highest BCUT2D eigenvalue weighted by atomic mass is 16.7. The first-order chi connectivity index (χ1) is 10.5. The van der Waals surface area contributed by atoms with E-state index in [0.29, 0.717) is 5.56 Å². The second-order valence-electron chi connectivity index (χ2n) is 5.05. The van der Waals surface area contributed by atoms with Gasteiger partial charge in [-0.15, -0.1) is 0 Å². The molecule has 1 heterocycles. The third kappa shape index (κ3) is 3.82. The third-order valence-corrected chi connectivity index (χ3v) is 3.50. The summed E-state index contributed by atoms with van der Waals surface area (Å²) < 4.78 is 10.6. The summed E-state index contributed by atoms with van der Waals surface area (Å²) in [6.07, 6.45) is -5.97. The molecule has 7 nitrogen and oxygen atoms in total. The lowest BCUT2D eigenvalue weighted by molar-refractivity contribution is -0.293. The molecule has 0 aliphatic carbocycles. The molecule has 22 heavy (non-hydrogen) atoms. The Bertz CT molecular complexity index is 482. The Morgan fingerprint density at radius 1 is 1.18 bits per heavy atom. The molecule has 0 bridgehead atoms. The van der Waals surface area contributed by atoms with E-state index in [2.05, 4.69) is 5.32 Å². The van der Waals surface area contributed by atoms with Gasteiger partial charge in [-0.2, -0.15) is 0 Å². The van der Waals surface area contributed by atoms with Crippen LogP contribution in [0, 0.1) is 0 Å². The molecule has 0 radical (unpaired) electrons. The lowest BCUT2D eigenvalue weighted by Crippen LogP contribution is -2.60. The highest BCUT2D eigenvalue weighted by molar-refractivity contribution is 5.94. The Balaban J connectivity index is 1.94. The standard InChI is InChI=1S/C15H21NO6/c1-2-21-15-13(19)12(18)11(17)10(22-15)8-16-14(20)9-6-4-3-5-7-9/h3-7,10-13,15,17-19H,2,8H2,1H3,(H,16,20)/t10-,11+,12+,13-,15-/m1/s1. The molecule has 1 fully saturated rings. The predicted molar refractivity (Wildman–Crippen MR) is 77.1 cm³/mol. The van der Waals surface area contributed by atoms with Gasteiger partial charge >= 0.3 is 0 Å². The fraction of sp³-hybridized carbons (Fsp3) is 0.533. The molecule has 0 spiro atoms. The van der Waals surface area contributed by atoms with Gasteiger partial charge in [0.15, 0.2) is 6.29 Å². The highest BCUT2D eigenvalue weighted by Gasteiger charge is 2.44. The molecular weight excluding hydrogens is 290 g/mol. The van der Waals surface area contributed by atoms with Gasteiger partial charge in [-0.3, -0.25) is 4.79 Å². The molecule has 1 aromatic rings. The Morgan fingerprint density at radius 3 is 2.50 bits per heavy atom. The fourth-order valence-corrected chi connectivity index (χ4v) is 2.27. The first kappa shape index (κ1) is 16.9. The van der Waals surface area contributed by atoms with Crippen LogP contribution in [0.15, 0.2) is 30.3 Å². The summed E-state index contributed by atoms with van der Waals surface area (Å²) in [6.45, 7) is 2.00. The lowest BCUT2D eigenvalue weighted by atomic mass is 9.98. The van der Waals surface area contributed by atoms with Crippen LogP contribution in [0.2, 0.25) is 0 Å². The lowest BCUT2D eigenvalue weighted by Gasteiger charge is -2.40. The van der Waals surface area contributed by atoms with Crippen molar-refractivity contribution in [1.29, 1.82) is 0 Å². The number of aliphatic hydroxyl groups excluding tert-OH is 3. The van der Waals surface area contributed by atoms with Gasteiger partial charge in [-0.05, 0) is 19.1 Å². The normalized spacial score (nSPS) is 31.7. The maximum Gasteiger partial charge on any atom is 0.251 e. The average Bonchev–Trinajstić information content (AvgIpc) is 2.55. The molecule has 1 amide bonds. The molecule has 1 aromatic carbocycles. The van der Waals surface area contributed by atoms with Gasteiger partial charge < -0.3 is 30.1 Å². The van der Waals surface area contributed by atoms with Gasteiger partial charge in [0.2, 0.25) is 0 Å². The molecule has 1 aliphatic heterocycles. The molecule has 2 rings (SSSR count). The van der Waals surface area contributed by atoms with Crippen LogP contribution in [-0.2, 0) is 9.47 Å². The first-order valence-electron chi connectivity index (χ1n) is 7.19. The Labute approximate surface area is 128 Å². The number of rotatable bonds is 5. The van der Waals surface area contributed by atoms with E-state index in [-0.39, 0.29) is 19.1 Å². The SMILES string of the molecule is CCO[C@@H]1O[C@H](CNC(=O)c2ccccc2)[C@H](O)[C@H](O)[C@H]1O. The van der Waals surface area contributed by atoms with Crippen molar-refractivity contribution in [2.75, 3.05) is 13.2 Å². The van der Waals surface area contributed by atoms with Crippen molar-refractivity contribution in [3.8, 4) is 0 Å². The summed E-state index contributed by atoms with van der Waals surface area (Å²) in [7, 11) is 0. The molecule has 1 saturated heterocycles. The molecular formula is C15H21NO6. The Morgan fingerprint density at radius 2 is 1.86 bits per heavy atom. The number of carbonyl (C=O) groups is 1. The largest absolute Gasteiger partial charge is 0.388 e. The van der Waals surface area contributed by atoms with E-state index >= 15 is 0 Å². The van der Waals surface area contributed by atoms with Crippen molar-refractivity contribution in [3.63, 3.8) is 0 Å². The van der Waals surface area contributed by atoms with Gasteiger partial charge in [-0.1, -0.05) is 18.2 Å². The van der Waals surface area contributed by atoms with E-state index in [1.165, 1.54) is 0 Å². The molecule has 4 N–H and O–H groups in total. The Kier molecular flexibility index (Phi) is 5.87. The number of amides is 1. The third-order valence-electron chi connectivity index (χ3n) is 3.50. The number of hydrogen-bond acceptors (Lipinski definition) is 6. The second kappa shape index (κ2) is 7.66. The summed E-state index contributed by atoms with van der Waals surface area (Å²) in [6, 6.07) is 8.61. The molecule has 0 saturated carbocycles. The van der Waals surface area contributed by atoms with Crippen LogP contribution in [0.5, 0.6) is 0 Å². The number of ether oxygens (including phenoxy) is 2. The zero-order valence-electron chi connectivity index (χ0n) is 12.3. The van der Waals surface area contributed by atoms with E-state index in [1.54, 1.807) is 37.3 Å². The van der Waals surface area contributed by atoms with Gasteiger partial charge in [0.05, 0.1) is 0 Å². The quantitative estimate of drug-likeness (QED) is 0.570. The number of nitrogens with one attached hydrogen (secondary N) is 1. The van der Waals surface area contributed by atoms with E-state index in [0.717, 1.165) is 0 Å². The maximum absolute atomic E-state index is 12.0. The van der Waals surface area contributed by atoms with Crippen LogP contribution >= 0.6 is 0 Å². The predicted octanol–water partition coefficient (Wildman–Crippen LogP) is -0.740. The van der Waals surface area contributed by atoms with Gasteiger partial charge in [-0.25, -0.2) is 0 Å². The first-order valence-corrected chi connectivity index (χ1v) is 7.19. The number of aliphatic hydroxyl groups is 3. The van der Waals surface area contributed by atoms with Crippen LogP contribution < -0.4 is 5.32 Å². The fourth-order valence-electron chi connectivity index (χ4n) is 2.27. The molecule has 1 aliphatic rings. The summed E-state index contributed by atoms with van der Waals surface area (Å²) in [5.41, 5.74) is 0.481. The van der Waals surface area contributed by atoms with Crippen molar-refractivity contribution in [1.82, 2.24) is 5.32 Å². The minimum Gasteiger partial charge on any atom is -0.388 e. The zero-order valence-corrected chi connectivity index (χ0v) is 12.3. The van der Waals surface area contributed by atoms with Crippen LogP contribution in [0.4, 0.5) is 0 Å². The monoisotopic (exact) mass is 311 g/mol. The molecule has 0 aromatic heterocycles. The number of benzene rings is 1. The van der Waals surface area contributed by atoms with E-state index in [1.807, 2.05) is 0 Å². The topological polar surface area (TPSA) is 108 Å². The van der Waals surface area contributed by atoms with E-state index < -0.39 is 30.7 Å². The molecule has 5 atom stereocenters. The van der Waals surface area contributed by atoms with Gasteiger partial charge in [0.25, 0.3) is 5.91 Å². The van der Waals surface area contributed by atoms with Gasteiger partial charge in [0.1, 0.15) is 24.4 Å². The van der Waals surface area contributed by atoms with Crippen LogP contribution in [0.3, 0.4) is 0 Å². The highest BCUT2D eigenvalue weighted by Crippen LogP contribution is 2.21. The summed E-state index contributed by atoms with van der Waals surface area (Å²) in [5.74, 6) is -0.315. The van der Waals surface area contributed by atoms with Crippen molar-refractivity contribution >= 4 is 5.91 Å². The average molecular weight is 311 g/mol. The van der Waals surface area contributed by atoms with Crippen LogP contribution in [-0.4, -0.2) is 65.1 Å². The minimum atomic E-state index is -1.40. The van der Waals surface area contributed by atoms with Crippen molar-refractivity contribution < 1.29 is 29.6 Å². The van der Waals surface area contributed by atoms with Crippen molar-refractivity contribution in [3.05, 3.63) is 35.9 Å². The van der Waals surface area contributed by atoms with E-state index in [9.17, 15) is 20.1 Å². The zero-order chi connectivity index (χ0) is 16.1. The summed E-state index contributed by atoms with van der Waals surface area (Å²) in [4.78, 5) is 12.0. The summed E-state index contributed by atoms with van der Waals surface area (Å²) >= 11 is 0. The molecule has 0 unspecified atom stereocenters. The van der Waals surface area contributed by atoms with Crippen LogP contribution in [0.1, 0.15) is 17.3 Å². The van der Waals surface area contributed by atoms with Crippen molar-refractivity contribution in [2.45, 2.75) is 37.6 Å². The van der Waals surface area contributed by atoms with Crippen LogP contribution in [0.25, 0.3) is 0 Å². The van der Waals surface area contributed by atoms with Crippen molar-refractivity contribution in [2.24, 2.45) is 0 Å². The minimum absolute atomic E-state index is 0.0117. The number of carbonyl (C=O) groups excluding carboxylic acids is 1. The van der Waals surface area contributed by atoms with Gasteiger partial charge in [0, 0.05) is 18.7 Å². The number of hydrogen-bond donors (Lipinski definition) is 4. The summed E-state index contributed by atoms with van der Waals surface area (Å²) in [5, 5.41) is 32.1.